The van der Waals surface area contributed by atoms with Gasteiger partial charge in [0.15, 0.2) is 5.13 Å². The van der Waals surface area contributed by atoms with Crippen molar-refractivity contribution in [3.05, 3.63) is 70.6 Å². The molecule has 1 fully saturated rings. The van der Waals surface area contributed by atoms with E-state index in [1.54, 1.807) is 36.7 Å². The number of pyridine rings is 1. The Morgan fingerprint density at radius 3 is 2.68 bits per heavy atom. The third-order valence-electron chi connectivity index (χ3n) is 5.55. The van der Waals surface area contributed by atoms with Gasteiger partial charge in [0.1, 0.15) is 21.6 Å². The van der Waals surface area contributed by atoms with Crippen LogP contribution in [-0.4, -0.2) is 41.2 Å². The SMILES string of the molecule is O=C(C1CCCN1S(=O)(=O)c1ccc(Cl)s1)N(Cc1ccncc1)c1nc2c(F)cccc2s1. The summed E-state index contributed by atoms with van der Waals surface area (Å²) in [5.41, 5.74) is 0.972. The van der Waals surface area contributed by atoms with Crippen molar-refractivity contribution in [3.63, 3.8) is 0 Å². The number of anilines is 1. The van der Waals surface area contributed by atoms with Crippen LogP contribution in [0.25, 0.3) is 10.2 Å². The molecule has 0 spiro atoms. The molecule has 1 aromatic carbocycles. The first kappa shape index (κ1) is 23.3. The van der Waals surface area contributed by atoms with Crippen LogP contribution in [0.3, 0.4) is 0 Å². The Morgan fingerprint density at radius 2 is 1.97 bits per heavy atom. The van der Waals surface area contributed by atoms with E-state index in [2.05, 4.69) is 9.97 Å². The summed E-state index contributed by atoms with van der Waals surface area (Å²) in [5.74, 6) is -0.879. The highest BCUT2D eigenvalue weighted by Crippen LogP contribution is 2.36. The predicted molar refractivity (Wildman–Crippen MR) is 131 cm³/mol. The monoisotopic (exact) mass is 536 g/mol. The number of thiazole rings is 1. The Morgan fingerprint density at radius 1 is 1.18 bits per heavy atom. The van der Waals surface area contributed by atoms with E-state index in [0.717, 1.165) is 16.9 Å². The van der Waals surface area contributed by atoms with Crippen molar-refractivity contribution in [2.45, 2.75) is 29.6 Å². The summed E-state index contributed by atoms with van der Waals surface area (Å²) in [5, 5.41) is 0.310. The molecular weight excluding hydrogens is 519 g/mol. The number of thiophene rings is 1. The van der Waals surface area contributed by atoms with Crippen molar-refractivity contribution < 1.29 is 17.6 Å². The molecule has 0 radical (unpaired) electrons. The van der Waals surface area contributed by atoms with E-state index >= 15 is 0 Å². The van der Waals surface area contributed by atoms with Gasteiger partial charge in [-0.25, -0.2) is 17.8 Å². The summed E-state index contributed by atoms with van der Waals surface area (Å²) < 4.78 is 43.2. The van der Waals surface area contributed by atoms with Crippen LogP contribution < -0.4 is 4.90 Å². The van der Waals surface area contributed by atoms with Gasteiger partial charge in [-0.1, -0.05) is 29.0 Å². The molecular formula is C22H18ClFN4O3S3. The molecule has 1 unspecified atom stereocenters. The summed E-state index contributed by atoms with van der Waals surface area (Å²) in [7, 11) is -3.90. The maximum atomic E-state index is 14.3. The fourth-order valence-electron chi connectivity index (χ4n) is 3.94. The zero-order valence-electron chi connectivity index (χ0n) is 17.6. The van der Waals surface area contributed by atoms with Crippen LogP contribution in [0.5, 0.6) is 0 Å². The van der Waals surface area contributed by atoms with E-state index in [0.29, 0.717) is 27.0 Å². The van der Waals surface area contributed by atoms with Gasteiger partial charge in [0, 0.05) is 18.9 Å². The summed E-state index contributed by atoms with van der Waals surface area (Å²) in [4.78, 5) is 23.7. The maximum absolute atomic E-state index is 14.3. The molecule has 12 heteroatoms. The Balaban J connectivity index is 1.53. The first-order valence-electron chi connectivity index (χ1n) is 10.4. The molecule has 5 rings (SSSR count). The largest absolute Gasteiger partial charge is 0.282 e. The minimum atomic E-state index is -3.90. The summed E-state index contributed by atoms with van der Waals surface area (Å²) in [6.07, 6.45) is 4.15. The zero-order valence-corrected chi connectivity index (χ0v) is 20.8. The highest BCUT2D eigenvalue weighted by molar-refractivity contribution is 7.91. The van der Waals surface area contributed by atoms with Crippen molar-refractivity contribution in [1.82, 2.24) is 14.3 Å². The number of amides is 1. The Hall–Kier alpha value is -2.44. The van der Waals surface area contributed by atoms with Crippen LogP contribution in [0, 0.1) is 5.82 Å². The van der Waals surface area contributed by atoms with Crippen LogP contribution >= 0.6 is 34.3 Å². The number of rotatable bonds is 6. The van der Waals surface area contributed by atoms with Gasteiger partial charge in [-0.3, -0.25) is 14.7 Å². The number of hydrogen-bond acceptors (Lipinski definition) is 7. The van der Waals surface area contributed by atoms with Gasteiger partial charge in [0.05, 0.1) is 15.6 Å². The standard InChI is InChI=1S/C22H18ClFN4O3S3/c23-18-6-7-19(33-18)34(30,31)28-12-2-4-16(28)21(29)27(13-14-8-10-25-11-9-14)22-26-20-15(24)3-1-5-17(20)32-22/h1,3,5-11,16H,2,4,12-13H2. The molecule has 0 aliphatic carbocycles. The average molecular weight is 537 g/mol. The lowest BCUT2D eigenvalue weighted by atomic mass is 10.2. The van der Waals surface area contributed by atoms with Gasteiger partial charge in [0.2, 0.25) is 5.91 Å². The maximum Gasteiger partial charge on any atom is 0.253 e. The molecule has 1 amide bonds. The van der Waals surface area contributed by atoms with Gasteiger partial charge in [-0.15, -0.1) is 11.3 Å². The Labute approximate surface area is 208 Å². The highest BCUT2D eigenvalue weighted by atomic mass is 35.5. The Kier molecular flexibility index (Phi) is 6.38. The van der Waals surface area contributed by atoms with Crippen molar-refractivity contribution in [1.29, 1.82) is 0 Å². The van der Waals surface area contributed by atoms with E-state index < -0.39 is 27.8 Å². The molecule has 3 aromatic heterocycles. The van der Waals surface area contributed by atoms with Gasteiger partial charge < -0.3 is 0 Å². The minimum absolute atomic E-state index is 0.0972. The lowest BCUT2D eigenvalue weighted by Gasteiger charge is -2.28. The van der Waals surface area contributed by atoms with Gasteiger partial charge in [-0.05, 0) is 54.8 Å². The minimum Gasteiger partial charge on any atom is -0.282 e. The number of fused-ring (bicyclic) bond motifs is 1. The number of carbonyl (C=O) groups is 1. The van der Waals surface area contributed by atoms with E-state index in [1.165, 1.54) is 38.7 Å². The normalized spacial score (nSPS) is 16.8. The van der Waals surface area contributed by atoms with Crippen LogP contribution in [-0.2, 0) is 21.4 Å². The molecule has 4 aromatic rings. The fourth-order valence-corrected chi connectivity index (χ4v) is 8.18. The number of aromatic nitrogens is 2. The first-order valence-corrected chi connectivity index (χ1v) is 13.8. The zero-order chi connectivity index (χ0) is 23.9. The van der Waals surface area contributed by atoms with E-state index in [-0.39, 0.29) is 22.8 Å². The van der Waals surface area contributed by atoms with E-state index in [9.17, 15) is 17.6 Å². The quantitative estimate of drug-likeness (QED) is 0.349. The van der Waals surface area contributed by atoms with Crippen LogP contribution in [0.4, 0.5) is 9.52 Å². The number of halogens is 2. The van der Waals surface area contributed by atoms with E-state index in [1.807, 2.05) is 0 Å². The Bertz CT molecular complexity index is 1460. The molecule has 0 bridgehead atoms. The summed E-state index contributed by atoms with van der Waals surface area (Å²) >= 11 is 8.11. The van der Waals surface area contributed by atoms with E-state index in [4.69, 9.17) is 11.6 Å². The van der Waals surface area contributed by atoms with Gasteiger partial charge in [-0.2, -0.15) is 4.31 Å². The molecule has 7 nitrogen and oxygen atoms in total. The molecule has 4 heterocycles. The third kappa shape index (κ3) is 4.34. The van der Waals surface area contributed by atoms with Crippen molar-refractivity contribution in [3.8, 4) is 0 Å². The van der Waals surface area contributed by atoms with Gasteiger partial charge >= 0.3 is 0 Å². The molecule has 1 saturated heterocycles. The van der Waals surface area contributed by atoms with Crippen LogP contribution in [0.2, 0.25) is 4.34 Å². The third-order valence-corrected chi connectivity index (χ3v) is 10.2. The second kappa shape index (κ2) is 9.31. The summed E-state index contributed by atoms with van der Waals surface area (Å²) in [6.45, 7) is 0.379. The van der Waals surface area contributed by atoms with Gasteiger partial charge in [0.25, 0.3) is 10.0 Å². The van der Waals surface area contributed by atoms with Crippen molar-refractivity contribution >= 4 is 65.6 Å². The van der Waals surface area contributed by atoms with Crippen LogP contribution in [0.15, 0.2) is 59.1 Å². The number of nitrogens with zero attached hydrogens (tertiary/aromatic N) is 4. The fraction of sp³-hybridized carbons (Fsp3) is 0.227. The molecule has 1 aliphatic rings. The number of carbonyl (C=O) groups excluding carboxylic acids is 1. The van der Waals surface area contributed by atoms with Crippen LogP contribution in [0.1, 0.15) is 18.4 Å². The van der Waals surface area contributed by atoms with Crippen molar-refractivity contribution in [2.75, 3.05) is 11.4 Å². The molecule has 1 aliphatic heterocycles. The number of hydrogen-bond donors (Lipinski definition) is 0. The van der Waals surface area contributed by atoms with Crippen molar-refractivity contribution in [2.24, 2.45) is 0 Å². The first-order chi connectivity index (χ1) is 16.3. The molecule has 176 valence electrons. The lowest BCUT2D eigenvalue weighted by Crippen LogP contribution is -2.47. The topological polar surface area (TPSA) is 83.5 Å². The number of sulfonamides is 1. The predicted octanol–water partition coefficient (Wildman–Crippen LogP) is 4.93. The lowest BCUT2D eigenvalue weighted by molar-refractivity contribution is -0.121. The average Bonchev–Trinajstić information content (AvgIpc) is 3.57. The molecule has 34 heavy (non-hydrogen) atoms. The molecule has 1 atom stereocenters. The number of benzene rings is 1. The molecule has 0 N–H and O–H groups in total. The molecule has 0 saturated carbocycles. The summed E-state index contributed by atoms with van der Waals surface area (Å²) in [6, 6.07) is 10.3. The smallest absolute Gasteiger partial charge is 0.253 e. The second-order valence-electron chi connectivity index (χ2n) is 7.70. The highest BCUT2D eigenvalue weighted by Gasteiger charge is 2.42. The number of para-hydroxylation sites is 1. The second-order valence-corrected chi connectivity index (χ2v) is 12.5.